The van der Waals surface area contributed by atoms with Crippen molar-refractivity contribution >= 4 is 0 Å². The lowest BCUT2D eigenvalue weighted by Gasteiger charge is -2.38. The van der Waals surface area contributed by atoms with Gasteiger partial charge in [-0.15, -0.1) is 0 Å². The number of nitrogens with zero attached hydrogens (tertiary/aromatic N) is 1. The molecule has 0 radical (unpaired) electrons. The molecule has 1 aliphatic carbocycles. The molecule has 1 fully saturated rings. The van der Waals surface area contributed by atoms with Gasteiger partial charge in [-0.2, -0.15) is 0 Å². The van der Waals surface area contributed by atoms with Gasteiger partial charge in [-0.3, -0.25) is 4.98 Å². The van der Waals surface area contributed by atoms with Crippen molar-refractivity contribution in [3.05, 3.63) is 30.1 Å². The summed E-state index contributed by atoms with van der Waals surface area (Å²) in [5.41, 5.74) is 7.82. The molecule has 1 atom stereocenters. The maximum absolute atomic E-state index is 6.53. The van der Waals surface area contributed by atoms with Crippen LogP contribution in [0.25, 0.3) is 0 Å². The van der Waals surface area contributed by atoms with Crippen molar-refractivity contribution in [3.8, 4) is 0 Å². The van der Waals surface area contributed by atoms with Crippen LogP contribution in [0.3, 0.4) is 0 Å². The second-order valence-corrected chi connectivity index (χ2v) is 5.39. The van der Waals surface area contributed by atoms with Crippen LogP contribution in [-0.2, 0) is 6.42 Å². The van der Waals surface area contributed by atoms with E-state index < -0.39 is 0 Å². The molecule has 0 saturated heterocycles. The normalized spacial score (nSPS) is 29.3. The Balaban J connectivity index is 2.18. The average Bonchev–Trinajstić information content (AvgIpc) is 2.43. The third kappa shape index (κ3) is 1.91. The molecule has 1 aliphatic rings. The van der Waals surface area contributed by atoms with E-state index >= 15 is 0 Å². The molecule has 0 aliphatic heterocycles. The number of hydrogen-bond acceptors (Lipinski definition) is 2. The van der Waals surface area contributed by atoms with E-state index in [0.29, 0.717) is 0 Å². The van der Waals surface area contributed by atoms with Gasteiger partial charge in [0.15, 0.2) is 0 Å². The molecule has 1 saturated carbocycles. The Hall–Kier alpha value is -0.890. The summed E-state index contributed by atoms with van der Waals surface area (Å²) in [6, 6.07) is 6.06. The molecule has 0 spiro atoms. The van der Waals surface area contributed by atoms with Gasteiger partial charge in [0.25, 0.3) is 0 Å². The number of rotatable bonds is 2. The minimum Gasteiger partial charge on any atom is -0.324 e. The summed E-state index contributed by atoms with van der Waals surface area (Å²) in [4.78, 5) is 4.37. The second-order valence-electron chi connectivity index (χ2n) is 5.39. The van der Waals surface area contributed by atoms with Gasteiger partial charge in [0.1, 0.15) is 0 Å². The summed E-state index contributed by atoms with van der Waals surface area (Å²) in [6.07, 6.45) is 6.35. The van der Waals surface area contributed by atoms with Crippen LogP contribution in [0.2, 0.25) is 0 Å². The molecular weight excluding hydrogens is 184 g/mol. The highest BCUT2D eigenvalue weighted by atomic mass is 14.8. The summed E-state index contributed by atoms with van der Waals surface area (Å²) in [6.45, 7) is 4.56. The first-order chi connectivity index (χ1) is 7.04. The molecule has 1 heterocycles. The first-order valence-electron chi connectivity index (χ1n) is 5.72. The highest BCUT2D eigenvalue weighted by Crippen LogP contribution is 2.45. The van der Waals surface area contributed by atoms with E-state index in [1.807, 2.05) is 18.3 Å². The Morgan fingerprint density at radius 3 is 2.67 bits per heavy atom. The monoisotopic (exact) mass is 204 g/mol. The molecule has 15 heavy (non-hydrogen) atoms. The van der Waals surface area contributed by atoms with Gasteiger partial charge in [0, 0.05) is 23.9 Å². The fraction of sp³-hybridized carbons (Fsp3) is 0.615. The SMILES string of the molecule is CC1(C)CCCC1(N)Cc1ccccn1. The van der Waals surface area contributed by atoms with E-state index in [1.54, 1.807) is 0 Å². The van der Waals surface area contributed by atoms with Gasteiger partial charge < -0.3 is 5.73 Å². The molecule has 0 bridgehead atoms. The van der Waals surface area contributed by atoms with Crippen LogP contribution in [0.15, 0.2) is 24.4 Å². The van der Waals surface area contributed by atoms with E-state index in [-0.39, 0.29) is 11.0 Å². The Kier molecular flexibility index (Phi) is 2.55. The summed E-state index contributed by atoms with van der Waals surface area (Å²) >= 11 is 0. The van der Waals surface area contributed by atoms with E-state index in [2.05, 4.69) is 24.9 Å². The van der Waals surface area contributed by atoms with Gasteiger partial charge in [-0.25, -0.2) is 0 Å². The van der Waals surface area contributed by atoms with Crippen LogP contribution in [0.5, 0.6) is 0 Å². The fourth-order valence-electron chi connectivity index (χ4n) is 2.59. The predicted molar refractivity (Wildman–Crippen MR) is 62.5 cm³/mol. The van der Waals surface area contributed by atoms with Crippen molar-refractivity contribution in [2.24, 2.45) is 11.1 Å². The molecule has 1 aromatic heterocycles. The summed E-state index contributed by atoms with van der Waals surface area (Å²) in [7, 11) is 0. The lowest BCUT2D eigenvalue weighted by molar-refractivity contribution is 0.205. The van der Waals surface area contributed by atoms with E-state index in [1.165, 1.54) is 12.8 Å². The minimum atomic E-state index is -0.0681. The van der Waals surface area contributed by atoms with Gasteiger partial charge in [-0.05, 0) is 30.4 Å². The number of hydrogen-bond donors (Lipinski definition) is 1. The Morgan fingerprint density at radius 2 is 2.13 bits per heavy atom. The number of aromatic nitrogens is 1. The molecule has 2 nitrogen and oxygen atoms in total. The van der Waals surface area contributed by atoms with Crippen LogP contribution in [0.1, 0.15) is 38.8 Å². The third-order valence-electron chi connectivity index (χ3n) is 4.00. The Labute approximate surface area is 91.9 Å². The van der Waals surface area contributed by atoms with Crippen LogP contribution < -0.4 is 5.73 Å². The van der Waals surface area contributed by atoms with Crippen LogP contribution in [0.4, 0.5) is 0 Å². The Morgan fingerprint density at radius 1 is 1.33 bits per heavy atom. The molecule has 0 amide bonds. The molecule has 1 aromatic rings. The number of nitrogens with two attached hydrogens (primary N) is 1. The Bertz CT molecular complexity index is 332. The van der Waals surface area contributed by atoms with Crippen molar-refractivity contribution in [1.82, 2.24) is 4.98 Å². The smallest absolute Gasteiger partial charge is 0.0422 e. The van der Waals surface area contributed by atoms with Crippen LogP contribution in [-0.4, -0.2) is 10.5 Å². The predicted octanol–water partition coefficient (Wildman–Crippen LogP) is 2.53. The van der Waals surface area contributed by atoms with Crippen molar-refractivity contribution in [2.75, 3.05) is 0 Å². The highest BCUT2D eigenvalue weighted by molar-refractivity contribution is 5.13. The average molecular weight is 204 g/mol. The van der Waals surface area contributed by atoms with Crippen molar-refractivity contribution in [3.63, 3.8) is 0 Å². The standard InChI is InChI=1S/C13H20N2/c1-12(2)7-5-8-13(12,14)10-11-6-3-4-9-15-11/h3-4,6,9H,5,7-8,10,14H2,1-2H3. The first-order valence-corrected chi connectivity index (χ1v) is 5.72. The molecule has 82 valence electrons. The number of pyridine rings is 1. The van der Waals surface area contributed by atoms with Gasteiger partial charge in [0.2, 0.25) is 0 Å². The fourth-order valence-corrected chi connectivity index (χ4v) is 2.59. The molecule has 2 heteroatoms. The maximum Gasteiger partial charge on any atom is 0.0422 e. The van der Waals surface area contributed by atoms with Crippen molar-refractivity contribution in [2.45, 2.75) is 45.1 Å². The zero-order valence-corrected chi connectivity index (χ0v) is 9.66. The van der Waals surface area contributed by atoms with Crippen molar-refractivity contribution in [1.29, 1.82) is 0 Å². The van der Waals surface area contributed by atoms with Crippen LogP contribution >= 0.6 is 0 Å². The summed E-state index contributed by atoms with van der Waals surface area (Å²) in [5.74, 6) is 0. The highest BCUT2D eigenvalue weighted by Gasteiger charge is 2.45. The molecule has 1 unspecified atom stereocenters. The van der Waals surface area contributed by atoms with Gasteiger partial charge in [0.05, 0.1) is 0 Å². The summed E-state index contributed by atoms with van der Waals surface area (Å²) in [5, 5.41) is 0. The zero-order valence-electron chi connectivity index (χ0n) is 9.66. The summed E-state index contributed by atoms with van der Waals surface area (Å²) < 4.78 is 0. The first kappa shape index (κ1) is 10.6. The largest absolute Gasteiger partial charge is 0.324 e. The lowest BCUT2D eigenvalue weighted by Crippen LogP contribution is -2.50. The quantitative estimate of drug-likeness (QED) is 0.804. The third-order valence-corrected chi connectivity index (χ3v) is 4.00. The van der Waals surface area contributed by atoms with Gasteiger partial charge >= 0.3 is 0 Å². The topological polar surface area (TPSA) is 38.9 Å². The van der Waals surface area contributed by atoms with Crippen LogP contribution in [0, 0.1) is 5.41 Å². The second kappa shape index (κ2) is 3.60. The molecule has 2 N–H and O–H groups in total. The molecular formula is C13H20N2. The van der Waals surface area contributed by atoms with E-state index in [0.717, 1.165) is 18.5 Å². The van der Waals surface area contributed by atoms with Crippen molar-refractivity contribution < 1.29 is 0 Å². The van der Waals surface area contributed by atoms with E-state index in [4.69, 9.17) is 5.73 Å². The lowest BCUT2D eigenvalue weighted by atomic mass is 9.73. The zero-order chi connectivity index (χ0) is 10.9. The minimum absolute atomic E-state index is 0.0681. The maximum atomic E-state index is 6.53. The van der Waals surface area contributed by atoms with E-state index in [9.17, 15) is 0 Å². The van der Waals surface area contributed by atoms with Gasteiger partial charge in [-0.1, -0.05) is 26.3 Å². The molecule has 2 rings (SSSR count). The molecule has 0 aromatic carbocycles.